The summed E-state index contributed by atoms with van der Waals surface area (Å²) in [5.74, 6) is -1.46. The van der Waals surface area contributed by atoms with Gasteiger partial charge in [-0.25, -0.2) is 9.59 Å². The minimum atomic E-state index is -2.19. The molecule has 0 radical (unpaired) electrons. The molecule has 1 rings (SSSR count). The summed E-state index contributed by atoms with van der Waals surface area (Å²) in [5.41, 5.74) is -3.19. The standard InChI is InChI=1S/C10H17NO5/c1-9(2,3)16-8(14)11-6-4-5-10(11,15)7(12)13/h15H,4-6H2,1-3H3,(H,12,13)/t10-/m1/s1/i1D. The van der Waals surface area contributed by atoms with Crippen molar-refractivity contribution in [3.05, 3.63) is 0 Å². The highest BCUT2D eigenvalue weighted by molar-refractivity contribution is 5.83. The Morgan fingerprint density at radius 3 is 2.69 bits per heavy atom. The minimum absolute atomic E-state index is 0.0151. The Balaban J connectivity index is 2.79. The van der Waals surface area contributed by atoms with Crippen molar-refractivity contribution in [3.8, 4) is 0 Å². The molecule has 0 aliphatic carbocycles. The summed E-state index contributed by atoms with van der Waals surface area (Å²) in [7, 11) is 0. The van der Waals surface area contributed by atoms with E-state index in [9.17, 15) is 14.7 Å². The number of carboxylic acid groups (broad SMARTS) is 1. The van der Waals surface area contributed by atoms with Gasteiger partial charge in [0.15, 0.2) is 0 Å². The van der Waals surface area contributed by atoms with Gasteiger partial charge in [0.1, 0.15) is 5.60 Å². The number of likely N-dealkylation sites (tertiary alicyclic amines) is 1. The van der Waals surface area contributed by atoms with Crippen LogP contribution in [0.15, 0.2) is 0 Å². The first-order valence-electron chi connectivity index (χ1n) is 5.69. The van der Waals surface area contributed by atoms with Crippen molar-refractivity contribution in [3.63, 3.8) is 0 Å². The summed E-state index contributed by atoms with van der Waals surface area (Å²) >= 11 is 0. The second kappa shape index (κ2) is 3.93. The van der Waals surface area contributed by atoms with Gasteiger partial charge in [0.2, 0.25) is 5.72 Å². The third-order valence-electron chi connectivity index (χ3n) is 2.28. The second-order valence-electron chi connectivity index (χ2n) is 4.50. The van der Waals surface area contributed by atoms with Crippen LogP contribution in [0, 0.1) is 0 Å². The number of nitrogens with zero attached hydrogens (tertiary/aromatic N) is 1. The summed E-state index contributed by atoms with van der Waals surface area (Å²) in [6, 6.07) is 0. The van der Waals surface area contributed by atoms with Gasteiger partial charge >= 0.3 is 12.1 Å². The summed E-state index contributed by atoms with van der Waals surface area (Å²) in [6.45, 7) is 3.09. The molecule has 1 atom stereocenters. The zero-order valence-corrected chi connectivity index (χ0v) is 9.39. The Morgan fingerprint density at radius 1 is 1.56 bits per heavy atom. The van der Waals surface area contributed by atoms with Crippen LogP contribution in [0.25, 0.3) is 0 Å². The lowest BCUT2D eigenvalue weighted by molar-refractivity contribution is -0.174. The van der Waals surface area contributed by atoms with Gasteiger partial charge in [0.05, 0.1) is 0 Å². The van der Waals surface area contributed by atoms with E-state index in [0.29, 0.717) is 6.42 Å². The van der Waals surface area contributed by atoms with Crippen LogP contribution in [0.5, 0.6) is 0 Å². The van der Waals surface area contributed by atoms with E-state index in [1.54, 1.807) is 13.8 Å². The smallest absolute Gasteiger partial charge is 0.413 e. The molecule has 92 valence electrons. The first-order chi connectivity index (χ1) is 7.73. The van der Waals surface area contributed by atoms with Crippen molar-refractivity contribution in [1.29, 1.82) is 0 Å². The third-order valence-corrected chi connectivity index (χ3v) is 2.28. The molecule has 1 aliphatic heterocycles. The van der Waals surface area contributed by atoms with Crippen LogP contribution in [-0.2, 0) is 9.53 Å². The Kier molecular flexibility index (Phi) is 2.75. The Morgan fingerprint density at radius 2 is 2.19 bits per heavy atom. The normalized spacial score (nSPS) is 26.4. The monoisotopic (exact) mass is 232 g/mol. The highest BCUT2D eigenvalue weighted by Gasteiger charge is 2.50. The second-order valence-corrected chi connectivity index (χ2v) is 4.50. The summed E-state index contributed by atoms with van der Waals surface area (Å²) in [4.78, 5) is 23.5. The molecule has 1 heterocycles. The fourth-order valence-electron chi connectivity index (χ4n) is 1.56. The van der Waals surface area contributed by atoms with E-state index in [-0.39, 0.29) is 19.9 Å². The molecule has 0 aromatic heterocycles. The van der Waals surface area contributed by atoms with Crippen molar-refractivity contribution in [2.45, 2.75) is 44.9 Å². The van der Waals surface area contributed by atoms with Gasteiger partial charge in [0, 0.05) is 14.3 Å². The van der Waals surface area contributed by atoms with Crippen molar-refractivity contribution in [2.75, 3.05) is 6.54 Å². The molecule has 0 unspecified atom stereocenters. The highest BCUT2D eigenvalue weighted by Crippen LogP contribution is 2.28. The van der Waals surface area contributed by atoms with E-state index >= 15 is 0 Å². The number of carbonyl (C=O) groups excluding carboxylic acids is 1. The van der Waals surface area contributed by atoms with E-state index in [4.69, 9.17) is 11.2 Å². The topological polar surface area (TPSA) is 87.1 Å². The average Bonchev–Trinajstić information content (AvgIpc) is 2.61. The average molecular weight is 232 g/mol. The van der Waals surface area contributed by atoms with Crippen molar-refractivity contribution < 1.29 is 25.9 Å². The minimum Gasteiger partial charge on any atom is -0.478 e. The molecule has 0 spiro atoms. The maximum absolute atomic E-state index is 11.7. The zero-order chi connectivity index (χ0) is 13.3. The number of aliphatic carboxylic acids is 1. The number of rotatable bonds is 1. The lowest BCUT2D eigenvalue weighted by Crippen LogP contribution is -2.54. The third kappa shape index (κ3) is 2.44. The van der Waals surface area contributed by atoms with Gasteiger partial charge in [-0.3, -0.25) is 4.90 Å². The Hall–Kier alpha value is -1.30. The largest absolute Gasteiger partial charge is 0.478 e. The molecular weight excluding hydrogens is 214 g/mol. The Bertz CT molecular complexity index is 333. The first kappa shape index (κ1) is 11.2. The molecule has 1 amide bonds. The van der Waals surface area contributed by atoms with Gasteiger partial charge in [-0.05, 0) is 27.2 Å². The van der Waals surface area contributed by atoms with Crippen LogP contribution in [0.1, 0.15) is 35.0 Å². The number of hydrogen-bond donors (Lipinski definition) is 2. The molecular formula is C10H17NO5. The molecule has 6 nitrogen and oxygen atoms in total. The van der Waals surface area contributed by atoms with Crippen LogP contribution in [0.4, 0.5) is 4.79 Å². The lowest BCUT2D eigenvalue weighted by Gasteiger charge is -2.31. The van der Waals surface area contributed by atoms with E-state index in [1.165, 1.54) is 0 Å². The number of ether oxygens (including phenoxy) is 1. The molecule has 0 aromatic carbocycles. The van der Waals surface area contributed by atoms with Crippen molar-refractivity contribution in [2.24, 2.45) is 0 Å². The number of aliphatic hydroxyl groups is 1. The van der Waals surface area contributed by atoms with Crippen LogP contribution in [0.2, 0.25) is 0 Å². The fourth-order valence-corrected chi connectivity index (χ4v) is 1.56. The fraction of sp³-hybridized carbons (Fsp3) is 0.800. The number of carboxylic acids is 1. The molecule has 1 fully saturated rings. The molecule has 1 aliphatic rings. The van der Waals surface area contributed by atoms with Crippen LogP contribution >= 0.6 is 0 Å². The summed E-state index contributed by atoms with van der Waals surface area (Å²) in [5, 5.41) is 18.8. The van der Waals surface area contributed by atoms with E-state index in [0.717, 1.165) is 4.90 Å². The van der Waals surface area contributed by atoms with E-state index in [2.05, 4.69) is 0 Å². The van der Waals surface area contributed by atoms with Gasteiger partial charge in [-0.1, -0.05) is 0 Å². The molecule has 1 saturated heterocycles. The molecule has 16 heavy (non-hydrogen) atoms. The van der Waals surface area contributed by atoms with Gasteiger partial charge < -0.3 is 14.9 Å². The van der Waals surface area contributed by atoms with E-state index < -0.39 is 23.4 Å². The molecule has 0 aromatic rings. The predicted octanol–water partition coefficient (Wildman–Crippen LogP) is 0.790. The lowest BCUT2D eigenvalue weighted by atomic mass is 10.1. The number of amides is 1. The van der Waals surface area contributed by atoms with Crippen molar-refractivity contribution in [1.82, 2.24) is 4.90 Å². The maximum Gasteiger partial charge on any atom is 0.413 e. The quantitative estimate of drug-likeness (QED) is 0.698. The van der Waals surface area contributed by atoms with E-state index in [1.807, 2.05) is 0 Å². The summed E-state index contributed by atoms with van der Waals surface area (Å²) in [6.07, 6.45) is -0.512. The molecule has 6 heteroatoms. The van der Waals surface area contributed by atoms with Crippen molar-refractivity contribution >= 4 is 12.1 Å². The number of carbonyl (C=O) groups is 2. The maximum atomic E-state index is 11.7. The highest BCUT2D eigenvalue weighted by atomic mass is 16.6. The van der Waals surface area contributed by atoms with Crippen LogP contribution < -0.4 is 0 Å². The zero-order valence-electron chi connectivity index (χ0n) is 10.4. The van der Waals surface area contributed by atoms with Gasteiger partial charge in [-0.15, -0.1) is 0 Å². The Labute approximate surface area is 95.2 Å². The molecule has 2 N–H and O–H groups in total. The first-order valence-corrected chi connectivity index (χ1v) is 4.98. The van der Waals surface area contributed by atoms with Crippen LogP contribution in [0.3, 0.4) is 0 Å². The molecule has 0 bridgehead atoms. The van der Waals surface area contributed by atoms with Gasteiger partial charge in [0.25, 0.3) is 0 Å². The van der Waals surface area contributed by atoms with Crippen LogP contribution in [-0.4, -0.2) is 45.0 Å². The predicted molar refractivity (Wildman–Crippen MR) is 54.8 cm³/mol. The number of hydrogen-bond acceptors (Lipinski definition) is 4. The van der Waals surface area contributed by atoms with Gasteiger partial charge in [-0.2, -0.15) is 0 Å². The SMILES string of the molecule is [2H]CC(C)(C)OC(=O)N1CCC[C@@]1(O)C(=O)O. The molecule has 0 saturated carbocycles. The summed E-state index contributed by atoms with van der Waals surface area (Å²) < 4.78 is 12.2.